The van der Waals surface area contributed by atoms with Crippen molar-refractivity contribution in [1.29, 1.82) is 0 Å². The third-order valence-corrected chi connectivity index (χ3v) is 2.67. The smallest absolute Gasteiger partial charge is 0.175 e. The molecule has 4 nitrogen and oxygen atoms in total. The Hall–Kier alpha value is -1.52. The first-order valence-corrected chi connectivity index (χ1v) is 5.59. The number of hydrogen-bond acceptors (Lipinski definition) is 4. The van der Waals surface area contributed by atoms with E-state index < -0.39 is 0 Å². The second kappa shape index (κ2) is 5.21. The van der Waals surface area contributed by atoms with E-state index >= 15 is 0 Å². The summed E-state index contributed by atoms with van der Waals surface area (Å²) in [6, 6.07) is 7.43. The molecule has 0 spiro atoms. The number of halogens is 1. The van der Waals surface area contributed by atoms with Crippen LogP contribution in [0.15, 0.2) is 28.8 Å². The molecule has 0 saturated heterocycles. The number of benzene rings is 1. The number of rotatable bonds is 4. The summed E-state index contributed by atoms with van der Waals surface area (Å²) in [6.07, 6.45) is 0.628. The fourth-order valence-electron chi connectivity index (χ4n) is 1.66. The van der Waals surface area contributed by atoms with Crippen LogP contribution < -0.4 is 5.73 Å². The summed E-state index contributed by atoms with van der Waals surface area (Å²) in [5, 5.41) is 4.43. The molecule has 2 N–H and O–H groups in total. The Labute approximate surface area is 104 Å². The molecule has 0 aliphatic rings. The second-order valence-corrected chi connectivity index (χ2v) is 4.06. The molecule has 0 radical (unpaired) electrons. The van der Waals surface area contributed by atoms with Crippen LogP contribution in [0.4, 0.5) is 5.82 Å². The van der Waals surface area contributed by atoms with E-state index in [0.717, 1.165) is 11.1 Å². The summed E-state index contributed by atoms with van der Waals surface area (Å²) >= 11 is 5.95. The zero-order chi connectivity index (χ0) is 12.3. The van der Waals surface area contributed by atoms with Gasteiger partial charge in [-0.25, -0.2) is 0 Å². The SMILES string of the molecule is COCCc1onc(N)c1-c1cccc(Cl)c1. The number of aromatic nitrogens is 1. The van der Waals surface area contributed by atoms with Gasteiger partial charge in [-0.2, -0.15) is 0 Å². The molecule has 2 aromatic rings. The lowest BCUT2D eigenvalue weighted by Gasteiger charge is -2.02. The van der Waals surface area contributed by atoms with Crippen molar-refractivity contribution in [2.24, 2.45) is 0 Å². The van der Waals surface area contributed by atoms with Gasteiger partial charge in [-0.3, -0.25) is 0 Å². The Bertz CT molecular complexity index is 511. The Morgan fingerprint density at radius 3 is 3.00 bits per heavy atom. The molecule has 1 aromatic carbocycles. The Balaban J connectivity index is 2.39. The predicted octanol–water partition coefficient (Wildman–Crippen LogP) is 2.77. The maximum atomic E-state index is 5.95. The maximum Gasteiger partial charge on any atom is 0.175 e. The lowest BCUT2D eigenvalue weighted by Crippen LogP contribution is -1.96. The van der Waals surface area contributed by atoms with Gasteiger partial charge in [-0.05, 0) is 17.7 Å². The molecule has 0 saturated carbocycles. The fourth-order valence-corrected chi connectivity index (χ4v) is 1.85. The van der Waals surface area contributed by atoms with Crippen LogP contribution in [0, 0.1) is 0 Å². The molecule has 0 amide bonds. The molecule has 2 rings (SSSR count). The average Bonchev–Trinajstić information content (AvgIpc) is 2.68. The number of nitrogen functional groups attached to an aromatic ring is 1. The van der Waals surface area contributed by atoms with Crippen molar-refractivity contribution < 1.29 is 9.26 Å². The van der Waals surface area contributed by atoms with E-state index in [9.17, 15) is 0 Å². The molecular weight excluding hydrogens is 240 g/mol. The van der Waals surface area contributed by atoms with Crippen LogP contribution in [0.3, 0.4) is 0 Å². The van der Waals surface area contributed by atoms with Crippen molar-refractivity contribution in [2.75, 3.05) is 19.5 Å². The van der Waals surface area contributed by atoms with Gasteiger partial charge in [0.1, 0.15) is 5.76 Å². The molecule has 0 unspecified atom stereocenters. The highest BCUT2D eigenvalue weighted by molar-refractivity contribution is 6.30. The number of methoxy groups -OCH3 is 1. The molecule has 1 aromatic heterocycles. The number of ether oxygens (including phenoxy) is 1. The minimum absolute atomic E-state index is 0.373. The van der Waals surface area contributed by atoms with Crippen LogP contribution >= 0.6 is 11.6 Å². The molecule has 0 fully saturated rings. The van der Waals surface area contributed by atoms with Gasteiger partial charge in [0.2, 0.25) is 0 Å². The molecule has 0 aliphatic heterocycles. The number of nitrogens with zero attached hydrogens (tertiary/aromatic N) is 1. The molecule has 90 valence electrons. The number of nitrogens with two attached hydrogens (primary N) is 1. The minimum atomic E-state index is 0.373. The first-order valence-electron chi connectivity index (χ1n) is 5.21. The van der Waals surface area contributed by atoms with Crippen molar-refractivity contribution in [2.45, 2.75) is 6.42 Å². The van der Waals surface area contributed by atoms with E-state index in [1.165, 1.54) is 0 Å². The minimum Gasteiger partial charge on any atom is -0.384 e. The third-order valence-electron chi connectivity index (χ3n) is 2.44. The second-order valence-electron chi connectivity index (χ2n) is 3.62. The molecule has 0 bridgehead atoms. The van der Waals surface area contributed by atoms with E-state index in [1.807, 2.05) is 24.3 Å². The van der Waals surface area contributed by atoms with Gasteiger partial charge in [0, 0.05) is 18.6 Å². The van der Waals surface area contributed by atoms with Crippen LogP contribution in [0.5, 0.6) is 0 Å². The molecule has 17 heavy (non-hydrogen) atoms. The van der Waals surface area contributed by atoms with Gasteiger partial charge in [-0.15, -0.1) is 0 Å². The van der Waals surface area contributed by atoms with Crippen molar-refractivity contribution in [3.05, 3.63) is 35.0 Å². The highest BCUT2D eigenvalue weighted by Crippen LogP contribution is 2.31. The summed E-state index contributed by atoms with van der Waals surface area (Å²) in [5.41, 5.74) is 7.51. The van der Waals surface area contributed by atoms with Gasteiger partial charge < -0.3 is 15.0 Å². The van der Waals surface area contributed by atoms with E-state index in [2.05, 4.69) is 5.16 Å². The maximum absolute atomic E-state index is 5.95. The summed E-state index contributed by atoms with van der Waals surface area (Å²) < 4.78 is 10.2. The Morgan fingerprint density at radius 2 is 2.29 bits per heavy atom. The zero-order valence-corrected chi connectivity index (χ0v) is 10.2. The third kappa shape index (κ3) is 2.60. The molecule has 0 atom stereocenters. The lowest BCUT2D eigenvalue weighted by molar-refractivity contribution is 0.193. The largest absolute Gasteiger partial charge is 0.384 e. The highest BCUT2D eigenvalue weighted by Gasteiger charge is 2.15. The summed E-state index contributed by atoms with van der Waals surface area (Å²) in [5.74, 6) is 1.09. The summed E-state index contributed by atoms with van der Waals surface area (Å²) in [6.45, 7) is 0.558. The van der Waals surface area contributed by atoms with Gasteiger partial charge in [0.25, 0.3) is 0 Å². The molecule has 0 aliphatic carbocycles. The van der Waals surface area contributed by atoms with Crippen LogP contribution in [0.25, 0.3) is 11.1 Å². The van der Waals surface area contributed by atoms with Crippen molar-refractivity contribution in [1.82, 2.24) is 5.16 Å². The molecule has 5 heteroatoms. The summed E-state index contributed by atoms with van der Waals surface area (Å²) in [4.78, 5) is 0. The van der Waals surface area contributed by atoms with Crippen molar-refractivity contribution in [3.8, 4) is 11.1 Å². The van der Waals surface area contributed by atoms with Gasteiger partial charge >= 0.3 is 0 Å². The van der Waals surface area contributed by atoms with Crippen molar-refractivity contribution >= 4 is 17.4 Å². The first kappa shape index (κ1) is 12.0. The summed E-state index contributed by atoms with van der Waals surface area (Å²) in [7, 11) is 1.64. The Kier molecular flexibility index (Phi) is 3.66. The highest BCUT2D eigenvalue weighted by atomic mass is 35.5. The predicted molar refractivity (Wildman–Crippen MR) is 66.9 cm³/mol. The lowest BCUT2D eigenvalue weighted by atomic mass is 10.0. The fraction of sp³-hybridized carbons (Fsp3) is 0.250. The zero-order valence-electron chi connectivity index (χ0n) is 9.44. The average molecular weight is 253 g/mol. The van der Waals surface area contributed by atoms with Crippen LogP contribution in [0.2, 0.25) is 5.02 Å². The molecule has 1 heterocycles. The Morgan fingerprint density at radius 1 is 1.47 bits per heavy atom. The monoisotopic (exact) mass is 252 g/mol. The number of anilines is 1. The van der Waals surface area contributed by atoms with E-state index in [0.29, 0.717) is 29.6 Å². The quantitative estimate of drug-likeness (QED) is 0.909. The van der Waals surface area contributed by atoms with Crippen molar-refractivity contribution in [3.63, 3.8) is 0 Å². The topological polar surface area (TPSA) is 61.3 Å². The van der Waals surface area contributed by atoms with Crippen LogP contribution in [-0.4, -0.2) is 18.9 Å². The van der Waals surface area contributed by atoms with E-state index in [1.54, 1.807) is 7.11 Å². The van der Waals surface area contributed by atoms with E-state index in [4.69, 9.17) is 26.6 Å². The van der Waals surface area contributed by atoms with E-state index in [-0.39, 0.29) is 0 Å². The molecular formula is C12H13ClN2O2. The van der Waals surface area contributed by atoms with Gasteiger partial charge in [-0.1, -0.05) is 28.9 Å². The number of hydrogen-bond donors (Lipinski definition) is 1. The normalized spacial score (nSPS) is 10.7. The first-order chi connectivity index (χ1) is 8.22. The van der Waals surface area contributed by atoms with Gasteiger partial charge in [0.05, 0.1) is 12.2 Å². The standard InChI is InChI=1S/C12H13ClN2O2/c1-16-6-5-10-11(12(14)15-17-10)8-3-2-4-9(13)7-8/h2-4,7H,5-6H2,1H3,(H2,14,15). The van der Waals surface area contributed by atoms with Gasteiger partial charge in [0.15, 0.2) is 5.82 Å². The van der Waals surface area contributed by atoms with Crippen LogP contribution in [-0.2, 0) is 11.2 Å². The van der Waals surface area contributed by atoms with Crippen LogP contribution in [0.1, 0.15) is 5.76 Å².